The van der Waals surface area contributed by atoms with E-state index in [1.165, 1.54) is 11.8 Å². The number of hydrogen-bond acceptors (Lipinski definition) is 4. The lowest BCUT2D eigenvalue weighted by Crippen LogP contribution is -2.51. The van der Waals surface area contributed by atoms with Crippen LogP contribution in [0.1, 0.15) is 20.3 Å². The zero-order valence-electron chi connectivity index (χ0n) is 13.6. The van der Waals surface area contributed by atoms with Gasteiger partial charge in [0, 0.05) is 43.5 Å². The molecule has 0 bridgehead atoms. The predicted molar refractivity (Wildman–Crippen MR) is 92.6 cm³/mol. The number of thioether (sulfide) groups is 1. The Balaban J connectivity index is 1.58. The summed E-state index contributed by atoms with van der Waals surface area (Å²) in [5.74, 6) is 0.0169. The minimum atomic E-state index is -0.333. The number of benzene rings is 1. The van der Waals surface area contributed by atoms with E-state index in [-0.39, 0.29) is 23.5 Å². The quantitative estimate of drug-likeness (QED) is 0.920. The van der Waals surface area contributed by atoms with E-state index in [2.05, 4.69) is 24.1 Å². The van der Waals surface area contributed by atoms with Crippen molar-refractivity contribution in [3.8, 4) is 0 Å². The van der Waals surface area contributed by atoms with Gasteiger partial charge < -0.3 is 10.2 Å². The molecule has 0 saturated carbocycles. The molecular formula is C17H23N3O2S. The van der Waals surface area contributed by atoms with Crippen molar-refractivity contribution in [2.24, 2.45) is 0 Å². The van der Waals surface area contributed by atoms with Crippen LogP contribution >= 0.6 is 11.8 Å². The van der Waals surface area contributed by atoms with Crippen molar-refractivity contribution in [1.82, 2.24) is 9.80 Å². The Morgan fingerprint density at radius 2 is 1.96 bits per heavy atom. The summed E-state index contributed by atoms with van der Waals surface area (Å²) in [5.41, 5.74) is 0.844. The Bertz CT molecular complexity index is 597. The van der Waals surface area contributed by atoms with Crippen LogP contribution in [0.25, 0.3) is 0 Å². The summed E-state index contributed by atoms with van der Waals surface area (Å²) in [6.45, 7) is 7.70. The number of nitrogens with one attached hydrogen (secondary N) is 1. The zero-order valence-corrected chi connectivity index (χ0v) is 14.4. The molecule has 5 nitrogen and oxygen atoms in total. The largest absolute Gasteiger partial charge is 0.340 e. The molecule has 1 saturated heterocycles. The molecule has 2 aliphatic rings. The second kappa shape index (κ2) is 6.93. The highest BCUT2D eigenvalue weighted by Gasteiger charge is 2.31. The Morgan fingerprint density at radius 3 is 2.65 bits per heavy atom. The molecule has 6 heteroatoms. The van der Waals surface area contributed by atoms with Crippen LogP contribution in [0.15, 0.2) is 29.2 Å². The van der Waals surface area contributed by atoms with Crippen LogP contribution in [0.5, 0.6) is 0 Å². The molecule has 1 atom stereocenters. The molecule has 2 heterocycles. The second-order valence-electron chi connectivity index (χ2n) is 6.31. The number of amides is 2. The van der Waals surface area contributed by atoms with Crippen LogP contribution in [-0.4, -0.2) is 59.1 Å². The van der Waals surface area contributed by atoms with E-state index >= 15 is 0 Å². The van der Waals surface area contributed by atoms with Gasteiger partial charge in [0.25, 0.3) is 0 Å². The van der Waals surface area contributed by atoms with Gasteiger partial charge >= 0.3 is 0 Å². The summed E-state index contributed by atoms with van der Waals surface area (Å²) in [7, 11) is 0. The van der Waals surface area contributed by atoms with E-state index in [4.69, 9.17) is 0 Å². The van der Waals surface area contributed by atoms with Crippen LogP contribution in [0, 0.1) is 0 Å². The Labute approximate surface area is 141 Å². The average Bonchev–Trinajstić information content (AvgIpc) is 2.55. The van der Waals surface area contributed by atoms with Gasteiger partial charge in [-0.05, 0) is 26.0 Å². The van der Waals surface area contributed by atoms with Gasteiger partial charge in [0.05, 0.1) is 10.9 Å². The maximum atomic E-state index is 12.5. The number of carbonyl (C=O) groups excluding carboxylic acids is 2. The molecule has 2 aliphatic heterocycles. The van der Waals surface area contributed by atoms with Gasteiger partial charge in [-0.3, -0.25) is 14.5 Å². The van der Waals surface area contributed by atoms with E-state index in [1.54, 1.807) is 0 Å². The highest BCUT2D eigenvalue weighted by Crippen LogP contribution is 2.36. The first kappa shape index (κ1) is 16.3. The van der Waals surface area contributed by atoms with Gasteiger partial charge in [-0.1, -0.05) is 12.1 Å². The molecule has 0 unspecified atom stereocenters. The first-order valence-electron chi connectivity index (χ1n) is 8.13. The molecule has 3 rings (SSSR count). The maximum Gasteiger partial charge on any atom is 0.238 e. The molecule has 1 fully saturated rings. The van der Waals surface area contributed by atoms with Crippen molar-refractivity contribution >= 4 is 29.3 Å². The Morgan fingerprint density at radius 1 is 1.26 bits per heavy atom. The smallest absolute Gasteiger partial charge is 0.238 e. The van der Waals surface area contributed by atoms with Crippen LogP contribution in [0.4, 0.5) is 5.69 Å². The van der Waals surface area contributed by atoms with Crippen LogP contribution in [0.3, 0.4) is 0 Å². The fourth-order valence-corrected chi connectivity index (χ4v) is 4.10. The number of para-hydroxylation sites is 1. The summed E-state index contributed by atoms with van der Waals surface area (Å²) in [6.07, 6.45) is 0.270. The van der Waals surface area contributed by atoms with Gasteiger partial charge in [0.1, 0.15) is 0 Å². The summed E-state index contributed by atoms with van der Waals surface area (Å²) in [6, 6.07) is 8.25. The summed E-state index contributed by atoms with van der Waals surface area (Å²) < 4.78 is 0. The third-order valence-corrected chi connectivity index (χ3v) is 5.74. The first-order chi connectivity index (χ1) is 11.0. The first-order valence-corrected chi connectivity index (χ1v) is 9.01. The van der Waals surface area contributed by atoms with Crippen LogP contribution in [-0.2, 0) is 9.59 Å². The van der Waals surface area contributed by atoms with Gasteiger partial charge in [-0.15, -0.1) is 11.8 Å². The van der Waals surface area contributed by atoms with E-state index in [9.17, 15) is 9.59 Å². The monoisotopic (exact) mass is 333 g/mol. The number of carbonyl (C=O) groups is 2. The van der Waals surface area contributed by atoms with Gasteiger partial charge in [0.2, 0.25) is 11.8 Å². The average molecular weight is 333 g/mol. The maximum absolute atomic E-state index is 12.5. The number of nitrogens with zero attached hydrogens (tertiary/aromatic N) is 2. The lowest BCUT2D eigenvalue weighted by Gasteiger charge is -2.37. The van der Waals surface area contributed by atoms with Gasteiger partial charge in [-0.2, -0.15) is 0 Å². The van der Waals surface area contributed by atoms with E-state index in [1.807, 2.05) is 29.2 Å². The van der Waals surface area contributed by atoms with Crippen molar-refractivity contribution in [2.75, 3.05) is 31.5 Å². The summed E-state index contributed by atoms with van der Waals surface area (Å²) in [4.78, 5) is 30.0. The molecular weight excluding hydrogens is 310 g/mol. The topological polar surface area (TPSA) is 52.6 Å². The number of piperazine rings is 1. The van der Waals surface area contributed by atoms with Gasteiger partial charge in [-0.25, -0.2) is 0 Å². The lowest BCUT2D eigenvalue weighted by atomic mass is 10.2. The molecule has 23 heavy (non-hydrogen) atoms. The van der Waals surface area contributed by atoms with Crippen molar-refractivity contribution in [3.63, 3.8) is 0 Å². The fraction of sp³-hybridized carbons (Fsp3) is 0.529. The predicted octanol–water partition coefficient (Wildman–Crippen LogP) is 2.04. The molecule has 0 aromatic heterocycles. The van der Waals surface area contributed by atoms with Gasteiger partial charge in [0.15, 0.2) is 0 Å². The SMILES string of the molecule is CC(C)N1CCN(C(=O)C[C@H]2Sc3ccccc3NC2=O)CC1. The minimum absolute atomic E-state index is 0.0668. The molecule has 1 N–H and O–H groups in total. The molecule has 0 spiro atoms. The number of rotatable bonds is 3. The van der Waals surface area contributed by atoms with Crippen LogP contribution < -0.4 is 5.32 Å². The lowest BCUT2D eigenvalue weighted by molar-refractivity contribution is -0.134. The van der Waals surface area contributed by atoms with E-state index < -0.39 is 0 Å². The molecule has 0 radical (unpaired) electrons. The van der Waals surface area contributed by atoms with Crippen molar-refractivity contribution in [2.45, 2.75) is 36.5 Å². The van der Waals surface area contributed by atoms with Crippen molar-refractivity contribution in [3.05, 3.63) is 24.3 Å². The number of anilines is 1. The molecule has 0 aliphatic carbocycles. The zero-order chi connectivity index (χ0) is 16.4. The molecule has 1 aromatic rings. The van der Waals surface area contributed by atoms with E-state index in [0.717, 1.165) is 36.8 Å². The third kappa shape index (κ3) is 3.70. The molecule has 124 valence electrons. The number of hydrogen-bond donors (Lipinski definition) is 1. The van der Waals surface area contributed by atoms with E-state index in [0.29, 0.717) is 6.04 Å². The Kier molecular flexibility index (Phi) is 4.92. The minimum Gasteiger partial charge on any atom is -0.340 e. The standard InChI is InChI=1S/C17H23N3O2S/c1-12(2)19-7-9-20(10-8-19)16(21)11-15-17(22)18-13-5-3-4-6-14(13)23-15/h3-6,12,15H,7-11H2,1-2H3,(H,18,22)/t15-/m1/s1. The normalized spacial score (nSPS) is 22.0. The summed E-state index contributed by atoms with van der Waals surface area (Å²) >= 11 is 1.49. The van der Waals surface area contributed by atoms with Crippen LogP contribution in [0.2, 0.25) is 0 Å². The highest BCUT2D eigenvalue weighted by molar-refractivity contribution is 8.01. The third-order valence-electron chi connectivity index (χ3n) is 4.46. The van der Waals surface area contributed by atoms with Crippen molar-refractivity contribution < 1.29 is 9.59 Å². The fourth-order valence-electron chi connectivity index (χ4n) is 3.00. The summed E-state index contributed by atoms with van der Waals surface area (Å²) in [5, 5.41) is 2.57. The molecule has 2 amide bonds. The Hall–Kier alpha value is -1.53. The number of fused-ring (bicyclic) bond motifs is 1. The molecule has 1 aromatic carbocycles. The van der Waals surface area contributed by atoms with Crippen molar-refractivity contribution in [1.29, 1.82) is 0 Å². The second-order valence-corrected chi connectivity index (χ2v) is 7.55. The highest BCUT2D eigenvalue weighted by atomic mass is 32.2.